The summed E-state index contributed by atoms with van der Waals surface area (Å²) in [6, 6.07) is 4.81. The smallest absolute Gasteiger partial charge is 0.243 e. The molecule has 1 fully saturated rings. The summed E-state index contributed by atoms with van der Waals surface area (Å²) < 4.78 is 27.3. The molecule has 1 aliphatic heterocycles. The molecule has 4 nitrogen and oxygen atoms in total. The Morgan fingerprint density at radius 2 is 1.90 bits per heavy atom. The van der Waals surface area contributed by atoms with Gasteiger partial charge in [-0.1, -0.05) is 18.0 Å². The van der Waals surface area contributed by atoms with Gasteiger partial charge in [0.15, 0.2) is 0 Å². The van der Waals surface area contributed by atoms with Crippen molar-refractivity contribution in [1.29, 1.82) is 0 Å². The molecule has 1 heterocycles. The third kappa shape index (κ3) is 2.86. The van der Waals surface area contributed by atoms with Crippen LogP contribution in [0, 0.1) is 0 Å². The van der Waals surface area contributed by atoms with Gasteiger partial charge in [-0.15, -0.1) is 0 Å². The van der Waals surface area contributed by atoms with Crippen LogP contribution in [0.15, 0.2) is 23.1 Å². The maximum Gasteiger partial charge on any atom is 0.243 e. The Morgan fingerprint density at radius 3 is 2.45 bits per heavy atom. The van der Waals surface area contributed by atoms with Gasteiger partial charge >= 0.3 is 0 Å². The van der Waals surface area contributed by atoms with Crippen molar-refractivity contribution in [3.63, 3.8) is 0 Å². The zero-order valence-corrected chi connectivity index (χ0v) is 13.4. The van der Waals surface area contributed by atoms with E-state index < -0.39 is 10.0 Å². The van der Waals surface area contributed by atoms with Crippen LogP contribution in [0.2, 0.25) is 5.02 Å². The molecular weight excluding hydrogens is 296 g/mol. The SMILES string of the molecule is CC1CCCC(C)N1S(=O)(=O)c1ccc(Cl)c(CN)c1. The molecule has 0 bridgehead atoms. The Labute approximate surface area is 126 Å². The van der Waals surface area contributed by atoms with Crippen LogP contribution in [-0.4, -0.2) is 24.8 Å². The van der Waals surface area contributed by atoms with Crippen LogP contribution in [-0.2, 0) is 16.6 Å². The largest absolute Gasteiger partial charge is 0.326 e. The molecule has 0 aliphatic carbocycles. The minimum Gasteiger partial charge on any atom is -0.326 e. The molecule has 0 radical (unpaired) electrons. The van der Waals surface area contributed by atoms with Gasteiger partial charge in [-0.2, -0.15) is 4.31 Å². The second-order valence-electron chi connectivity index (χ2n) is 5.42. The van der Waals surface area contributed by atoms with Gasteiger partial charge in [0.1, 0.15) is 0 Å². The maximum atomic E-state index is 12.8. The van der Waals surface area contributed by atoms with Crippen molar-refractivity contribution < 1.29 is 8.42 Å². The number of nitrogens with zero attached hydrogens (tertiary/aromatic N) is 1. The first kappa shape index (κ1) is 15.8. The highest BCUT2D eigenvalue weighted by atomic mass is 35.5. The van der Waals surface area contributed by atoms with E-state index in [1.807, 2.05) is 13.8 Å². The molecule has 1 aromatic carbocycles. The average molecular weight is 317 g/mol. The lowest BCUT2D eigenvalue weighted by Gasteiger charge is -2.37. The van der Waals surface area contributed by atoms with Gasteiger partial charge in [-0.25, -0.2) is 8.42 Å². The third-order valence-corrected chi connectivity index (χ3v) is 6.42. The van der Waals surface area contributed by atoms with E-state index >= 15 is 0 Å². The number of rotatable bonds is 3. The fraction of sp³-hybridized carbons (Fsp3) is 0.571. The fourth-order valence-electron chi connectivity index (χ4n) is 2.86. The monoisotopic (exact) mass is 316 g/mol. The van der Waals surface area contributed by atoms with Crippen LogP contribution in [0.4, 0.5) is 0 Å². The topological polar surface area (TPSA) is 63.4 Å². The molecule has 0 saturated carbocycles. The predicted molar refractivity (Wildman–Crippen MR) is 81.1 cm³/mol. The zero-order chi connectivity index (χ0) is 14.9. The van der Waals surface area contributed by atoms with Crippen molar-refractivity contribution in [2.24, 2.45) is 5.73 Å². The number of sulfonamides is 1. The quantitative estimate of drug-likeness (QED) is 0.932. The number of nitrogens with two attached hydrogens (primary N) is 1. The molecule has 2 N–H and O–H groups in total. The lowest BCUT2D eigenvalue weighted by molar-refractivity contribution is 0.204. The first-order chi connectivity index (χ1) is 9.37. The van der Waals surface area contributed by atoms with Crippen LogP contribution in [0.1, 0.15) is 38.7 Å². The minimum atomic E-state index is -3.49. The van der Waals surface area contributed by atoms with Crippen LogP contribution in [0.3, 0.4) is 0 Å². The predicted octanol–water partition coefficient (Wildman–Crippen LogP) is 2.75. The highest BCUT2D eigenvalue weighted by Gasteiger charge is 2.35. The van der Waals surface area contributed by atoms with Crippen LogP contribution in [0.5, 0.6) is 0 Å². The summed E-state index contributed by atoms with van der Waals surface area (Å²) in [4.78, 5) is 0.281. The molecule has 20 heavy (non-hydrogen) atoms. The van der Waals surface area contributed by atoms with Crippen LogP contribution in [0.25, 0.3) is 0 Å². The molecule has 2 unspecified atom stereocenters. The van der Waals surface area contributed by atoms with E-state index in [-0.39, 0.29) is 23.5 Å². The third-order valence-electron chi connectivity index (χ3n) is 3.93. The summed E-state index contributed by atoms with van der Waals surface area (Å²) in [5, 5.41) is 0.506. The first-order valence-electron chi connectivity index (χ1n) is 6.90. The van der Waals surface area contributed by atoms with Gasteiger partial charge in [-0.05, 0) is 50.5 Å². The Kier molecular flexibility index (Phi) is 4.74. The maximum absolute atomic E-state index is 12.8. The van der Waals surface area contributed by atoms with Gasteiger partial charge in [0.05, 0.1) is 4.90 Å². The second-order valence-corrected chi connectivity index (χ2v) is 7.67. The van der Waals surface area contributed by atoms with Gasteiger partial charge in [0, 0.05) is 23.7 Å². The lowest BCUT2D eigenvalue weighted by atomic mass is 10.0. The molecule has 1 aromatic rings. The molecule has 2 atom stereocenters. The Hall–Kier alpha value is -0.620. The van der Waals surface area contributed by atoms with Crippen molar-refractivity contribution in [3.05, 3.63) is 28.8 Å². The van der Waals surface area contributed by atoms with E-state index in [0.29, 0.717) is 10.6 Å². The zero-order valence-electron chi connectivity index (χ0n) is 11.8. The van der Waals surface area contributed by atoms with Crippen molar-refractivity contribution in [2.45, 2.75) is 56.6 Å². The van der Waals surface area contributed by atoms with E-state index in [9.17, 15) is 8.42 Å². The first-order valence-corrected chi connectivity index (χ1v) is 8.71. The van der Waals surface area contributed by atoms with Crippen molar-refractivity contribution >= 4 is 21.6 Å². The summed E-state index contributed by atoms with van der Waals surface area (Å²) >= 11 is 6.00. The Morgan fingerprint density at radius 1 is 1.30 bits per heavy atom. The summed E-state index contributed by atoms with van der Waals surface area (Å²) in [5.41, 5.74) is 6.26. The number of hydrogen-bond acceptors (Lipinski definition) is 3. The van der Waals surface area contributed by atoms with Crippen molar-refractivity contribution in [1.82, 2.24) is 4.31 Å². The standard InChI is InChI=1S/C14H21ClN2O2S/c1-10-4-3-5-11(2)17(10)20(18,19)13-6-7-14(15)12(8-13)9-16/h6-8,10-11H,3-5,9,16H2,1-2H3. The van der Waals surface area contributed by atoms with Gasteiger partial charge in [-0.3, -0.25) is 0 Å². The van der Waals surface area contributed by atoms with Gasteiger partial charge in [0.2, 0.25) is 10.0 Å². The number of halogens is 1. The summed E-state index contributed by atoms with van der Waals surface area (Å²) in [7, 11) is -3.49. The Balaban J connectivity index is 2.43. The lowest BCUT2D eigenvalue weighted by Crippen LogP contribution is -2.47. The van der Waals surface area contributed by atoms with Crippen molar-refractivity contribution in [3.8, 4) is 0 Å². The van der Waals surface area contributed by atoms with Crippen LogP contribution >= 0.6 is 11.6 Å². The van der Waals surface area contributed by atoms with Crippen molar-refractivity contribution in [2.75, 3.05) is 0 Å². The molecule has 1 aliphatic rings. The van der Waals surface area contributed by atoms with E-state index in [1.165, 1.54) is 0 Å². The molecule has 0 amide bonds. The van der Waals surface area contributed by atoms with E-state index in [2.05, 4.69) is 0 Å². The molecule has 112 valence electrons. The van der Waals surface area contributed by atoms with Gasteiger partial charge in [0.25, 0.3) is 0 Å². The average Bonchev–Trinajstić information content (AvgIpc) is 2.38. The van der Waals surface area contributed by atoms with Crippen LogP contribution < -0.4 is 5.73 Å². The minimum absolute atomic E-state index is 0.0285. The number of piperidine rings is 1. The number of benzene rings is 1. The molecule has 1 saturated heterocycles. The highest BCUT2D eigenvalue weighted by molar-refractivity contribution is 7.89. The molecule has 2 rings (SSSR count). The summed E-state index contributed by atoms with van der Waals surface area (Å²) in [5.74, 6) is 0. The van der Waals surface area contributed by atoms with E-state index in [0.717, 1.165) is 19.3 Å². The number of hydrogen-bond donors (Lipinski definition) is 1. The highest BCUT2D eigenvalue weighted by Crippen LogP contribution is 2.30. The second kappa shape index (κ2) is 6.02. The summed E-state index contributed by atoms with van der Waals surface area (Å²) in [6.07, 6.45) is 2.88. The fourth-order valence-corrected chi connectivity index (χ4v) is 4.99. The Bertz CT molecular complexity index is 579. The molecule has 6 heteroatoms. The molecule has 0 aromatic heterocycles. The van der Waals surface area contributed by atoms with Gasteiger partial charge < -0.3 is 5.73 Å². The summed E-state index contributed by atoms with van der Waals surface area (Å²) in [6.45, 7) is 4.16. The van der Waals surface area contributed by atoms with E-state index in [1.54, 1.807) is 22.5 Å². The molecule has 0 spiro atoms. The van der Waals surface area contributed by atoms with E-state index in [4.69, 9.17) is 17.3 Å². The molecular formula is C14H21ClN2O2S. The normalized spacial score (nSPS) is 24.8.